The molecule has 0 bridgehead atoms. The van der Waals surface area contributed by atoms with E-state index in [0.717, 1.165) is 5.56 Å². The molecule has 0 atom stereocenters. The summed E-state index contributed by atoms with van der Waals surface area (Å²) >= 11 is 1.41. The summed E-state index contributed by atoms with van der Waals surface area (Å²) in [5.74, 6) is 2.75. The maximum atomic E-state index is 12.5. The summed E-state index contributed by atoms with van der Waals surface area (Å²) in [4.78, 5) is 24.9. The Morgan fingerprint density at radius 1 is 0.850 bits per heavy atom. The minimum absolute atomic E-state index is 0.0976. The van der Waals surface area contributed by atoms with Gasteiger partial charge in [-0.25, -0.2) is 0 Å². The van der Waals surface area contributed by atoms with E-state index in [1.54, 1.807) is 42.5 Å². The Kier molecular flexibility index (Phi) is 3.17. The van der Waals surface area contributed by atoms with Crippen LogP contribution < -0.4 is 0 Å². The lowest BCUT2D eigenvalue weighted by molar-refractivity contribution is 0.0979. The SMILES string of the molecule is CSC#Cc1ccc2c(c1)C(=O)c1ccccc1C2=O. The third kappa shape index (κ3) is 1.95. The summed E-state index contributed by atoms with van der Waals surface area (Å²) in [7, 11) is 0. The third-order valence-electron chi connectivity index (χ3n) is 3.22. The van der Waals surface area contributed by atoms with Gasteiger partial charge in [0.25, 0.3) is 0 Å². The van der Waals surface area contributed by atoms with Crippen molar-refractivity contribution in [3.05, 3.63) is 70.3 Å². The van der Waals surface area contributed by atoms with Gasteiger partial charge in [-0.1, -0.05) is 41.9 Å². The Labute approximate surface area is 121 Å². The molecule has 0 unspecified atom stereocenters. The highest BCUT2D eigenvalue weighted by Crippen LogP contribution is 2.27. The first-order chi connectivity index (χ1) is 9.72. The van der Waals surface area contributed by atoms with Crippen LogP contribution in [-0.4, -0.2) is 17.8 Å². The van der Waals surface area contributed by atoms with Crippen LogP contribution in [0, 0.1) is 11.2 Å². The zero-order chi connectivity index (χ0) is 14.1. The van der Waals surface area contributed by atoms with E-state index >= 15 is 0 Å². The van der Waals surface area contributed by atoms with Gasteiger partial charge in [0.05, 0.1) is 0 Å². The van der Waals surface area contributed by atoms with Crippen molar-refractivity contribution in [1.82, 2.24) is 0 Å². The smallest absolute Gasteiger partial charge is 0.194 e. The Balaban J connectivity index is 2.18. The second-order valence-electron chi connectivity index (χ2n) is 4.40. The van der Waals surface area contributed by atoms with Crippen LogP contribution in [0.1, 0.15) is 37.4 Å². The monoisotopic (exact) mass is 278 g/mol. The second kappa shape index (κ2) is 4.99. The molecule has 0 saturated heterocycles. The number of rotatable bonds is 0. The van der Waals surface area contributed by atoms with E-state index in [-0.39, 0.29) is 11.6 Å². The molecule has 0 radical (unpaired) electrons. The maximum Gasteiger partial charge on any atom is 0.194 e. The molecular weight excluding hydrogens is 268 g/mol. The standard InChI is InChI=1S/C17H10O2S/c1-20-9-8-11-6-7-14-15(10-11)17(19)13-5-3-2-4-12(13)16(14)18/h2-7,10H,1H3. The first-order valence-electron chi connectivity index (χ1n) is 6.09. The predicted octanol–water partition coefficient (Wildman–Crippen LogP) is 3.13. The van der Waals surface area contributed by atoms with E-state index in [1.165, 1.54) is 11.8 Å². The molecule has 0 saturated carbocycles. The highest BCUT2D eigenvalue weighted by atomic mass is 32.2. The molecule has 0 N–H and O–H groups in total. The van der Waals surface area contributed by atoms with Crippen molar-refractivity contribution in [3.63, 3.8) is 0 Å². The van der Waals surface area contributed by atoms with Gasteiger partial charge < -0.3 is 0 Å². The minimum atomic E-state index is -0.108. The normalized spacial score (nSPS) is 12.2. The van der Waals surface area contributed by atoms with Gasteiger partial charge in [-0.2, -0.15) is 0 Å². The minimum Gasteiger partial charge on any atom is -0.289 e. The highest BCUT2D eigenvalue weighted by molar-refractivity contribution is 8.03. The highest BCUT2D eigenvalue weighted by Gasteiger charge is 2.29. The van der Waals surface area contributed by atoms with Crippen molar-refractivity contribution in [2.75, 3.05) is 6.26 Å². The van der Waals surface area contributed by atoms with Crippen molar-refractivity contribution in [1.29, 1.82) is 0 Å². The number of benzene rings is 2. The first-order valence-corrected chi connectivity index (χ1v) is 7.31. The fourth-order valence-corrected chi connectivity index (χ4v) is 2.51. The summed E-state index contributed by atoms with van der Waals surface area (Å²) in [6, 6.07) is 12.1. The molecule has 96 valence electrons. The van der Waals surface area contributed by atoms with Crippen molar-refractivity contribution >= 4 is 23.3 Å². The van der Waals surface area contributed by atoms with Crippen LogP contribution in [0.15, 0.2) is 42.5 Å². The topological polar surface area (TPSA) is 34.1 Å². The Morgan fingerprint density at radius 2 is 1.45 bits per heavy atom. The fraction of sp³-hybridized carbons (Fsp3) is 0.0588. The molecule has 2 aromatic rings. The Bertz CT molecular complexity index is 794. The lowest BCUT2D eigenvalue weighted by Crippen LogP contribution is -2.20. The number of thioether (sulfide) groups is 1. The van der Waals surface area contributed by atoms with E-state index in [4.69, 9.17) is 0 Å². The molecule has 20 heavy (non-hydrogen) atoms. The average Bonchev–Trinajstić information content (AvgIpc) is 2.50. The van der Waals surface area contributed by atoms with Crippen molar-refractivity contribution in [2.45, 2.75) is 0 Å². The van der Waals surface area contributed by atoms with Crippen LogP contribution in [-0.2, 0) is 0 Å². The molecule has 2 aromatic carbocycles. The molecular formula is C17H10O2S. The third-order valence-corrected chi connectivity index (χ3v) is 3.53. The van der Waals surface area contributed by atoms with Gasteiger partial charge in [-0.3, -0.25) is 9.59 Å². The second-order valence-corrected chi connectivity index (χ2v) is 5.01. The molecule has 0 aliphatic heterocycles. The van der Waals surface area contributed by atoms with Gasteiger partial charge in [0.1, 0.15) is 0 Å². The molecule has 0 spiro atoms. The lowest BCUT2D eigenvalue weighted by Gasteiger charge is -2.17. The number of hydrogen-bond donors (Lipinski definition) is 0. The van der Waals surface area contributed by atoms with Crippen molar-refractivity contribution in [2.24, 2.45) is 0 Å². The zero-order valence-corrected chi connectivity index (χ0v) is 11.6. The van der Waals surface area contributed by atoms with E-state index in [0.29, 0.717) is 22.3 Å². The Hall–Kier alpha value is -2.31. The molecule has 3 heteroatoms. The van der Waals surface area contributed by atoms with Crippen LogP contribution in [0.2, 0.25) is 0 Å². The van der Waals surface area contributed by atoms with Gasteiger partial charge >= 0.3 is 0 Å². The Morgan fingerprint density at radius 3 is 2.10 bits per heavy atom. The van der Waals surface area contributed by atoms with E-state index in [9.17, 15) is 9.59 Å². The number of fused-ring (bicyclic) bond motifs is 2. The number of carbonyl (C=O) groups excluding carboxylic acids is 2. The zero-order valence-electron chi connectivity index (χ0n) is 10.8. The van der Waals surface area contributed by atoms with Gasteiger partial charge in [-0.15, -0.1) is 0 Å². The van der Waals surface area contributed by atoms with Crippen LogP contribution >= 0.6 is 11.8 Å². The van der Waals surface area contributed by atoms with Crippen LogP contribution in [0.5, 0.6) is 0 Å². The molecule has 2 nitrogen and oxygen atoms in total. The first kappa shape index (κ1) is 12.7. The molecule has 0 amide bonds. The summed E-state index contributed by atoms with van der Waals surface area (Å²) in [6.07, 6.45) is 1.89. The van der Waals surface area contributed by atoms with E-state index in [1.807, 2.05) is 6.26 Å². The van der Waals surface area contributed by atoms with Crippen molar-refractivity contribution in [3.8, 4) is 11.2 Å². The lowest BCUT2D eigenvalue weighted by atomic mass is 9.83. The number of hydrogen-bond acceptors (Lipinski definition) is 3. The van der Waals surface area contributed by atoms with Gasteiger partial charge in [0, 0.05) is 27.8 Å². The van der Waals surface area contributed by atoms with E-state index < -0.39 is 0 Å². The molecule has 1 aliphatic carbocycles. The van der Waals surface area contributed by atoms with Gasteiger partial charge in [0.15, 0.2) is 11.6 Å². The largest absolute Gasteiger partial charge is 0.289 e. The summed E-state index contributed by atoms with van der Waals surface area (Å²) in [5, 5.41) is 2.89. The van der Waals surface area contributed by atoms with Crippen molar-refractivity contribution < 1.29 is 9.59 Å². The molecule has 0 fully saturated rings. The van der Waals surface area contributed by atoms with Crippen LogP contribution in [0.25, 0.3) is 0 Å². The van der Waals surface area contributed by atoms with Gasteiger partial charge in [-0.05, 0) is 29.7 Å². The maximum absolute atomic E-state index is 12.5. The number of carbonyl (C=O) groups is 2. The predicted molar refractivity (Wildman–Crippen MR) is 80.1 cm³/mol. The molecule has 0 aromatic heterocycles. The van der Waals surface area contributed by atoms with E-state index in [2.05, 4.69) is 11.2 Å². The quantitative estimate of drug-likeness (QED) is 0.592. The van der Waals surface area contributed by atoms with Crippen LogP contribution in [0.3, 0.4) is 0 Å². The average molecular weight is 278 g/mol. The molecule has 3 rings (SSSR count). The molecule has 0 heterocycles. The van der Waals surface area contributed by atoms with Gasteiger partial charge in [0.2, 0.25) is 0 Å². The summed E-state index contributed by atoms with van der Waals surface area (Å²) in [5.41, 5.74) is 2.61. The molecule has 1 aliphatic rings. The fourth-order valence-electron chi connectivity index (χ4n) is 2.29. The number of ketones is 2. The summed E-state index contributed by atoms with van der Waals surface area (Å²) in [6.45, 7) is 0. The summed E-state index contributed by atoms with van der Waals surface area (Å²) < 4.78 is 0. The van der Waals surface area contributed by atoms with Crippen LogP contribution in [0.4, 0.5) is 0 Å².